The zero-order valence-corrected chi connectivity index (χ0v) is 14.1. The molecular formula is C18H20N2O3S. The average Bonchev–Trinajstić information content (AvgIpc) is 3.00. The van der Waals surface area contributed by atoms with E-state index in [9.17, 15) is 13.2 Å². The van der Waals surface area contributed by atoms with Crippen LogP contribution in [0.25, 0.3) is 0 Å². The first-order valence-electron chi connectivity index (χ1n) is 7.95. The van der Waals surface area contributed by atoms with E-state index in [0.717, 1.165) is 24.1 Å². The molecule has 3 rings (SSSR count). The van der Waals surface area contributed by atoms with Gasteiger partial charge in [0, 0.05) is 26.1 Å². The average molecular weight is 344 g/mol. The van der Waals surface area contributed by atoms with Gasteiger partial charge in [-0.25, -0.2) is 13.1 Å². The molecule has 0 radical (unpaired) electrons. The zero-order chi connectivity index (χ0) is 17.0. The molecule has 0 atom stereocenters. The van der Waals surface area contributed by atoms with Crippen molar-refractivity contribution in [2.45, 2.75) is 30.8 Å². The standard InChI is InChI=1S/C18H20N2O3S/c21-18-11-6-12-20(18)14-16-8-5-4-7-15(16)13-19-24(22,23)17-9-2-1-3-10-17/h1-5,7-10,19H,6,11-14H2. The summed E-state index contributed by atoms with van der Waals surface area (Å²) in [6.45, 7) is 1.50. The fraction of sp³-hybridized carbons (Fsp3) is 0.278. The number of benzene rings is 2. The third kappa shape index (κ3) is 3.83. The van der Waals surface area contributed by atoms with Crippen LogP contribution in [-0.2, 0) is 27.9 Å². The number of nitrogens with zero attached hydrogens (tertiary/aromatic N) is 1. The molecule has 24 heavy (non-hydrogen) atoms. The van der Waals surface area contributed by atoms with Crippen LogP contribution >= 0.6 is 0 Å². The molecule has 0 aromatic heterocycles. The number of carbonyl (C=O) groups excluding carboxylic acids is 1. The van der Waals surface area contributed by atoms with Crippen LogP contribution in [0.2, 0.25) is 0 Å². The lowest BCUT2D eigenvalue weighted by molar-refractivity contribution is -0.128. The van der Waals surface area contributed by atoms with Crippen molar-refractivity contribution in [3.8, 4) is 0 Å². The number of likely N-dealkylation sites (tertiary alicyclic amines) is 1. The quantitative estimate of drug-likeness (QED) is 0.874. The van der Waals surface area contributed by atoms with Crippen molar-refractivity contribution in [3.63, 3.8) is 0 Å². The van der Waals surface area contributed by atoms with Gasteiger partial charge in [0.25, 0.3) is 0 Å². The molecule has 2 aromatic carbocycles. The summed E-state index contributed by atoms with van der Waals surface area (Å²) >= 11 is 0. The molecule has 6 heteroatoms. The molecule has 0 unspecified atom stereocenters. The monoisotopic (exact) mass is 344 g/mol. The van der Waals surface area contributed by atoms with Crippen LogP contribution in [0.1, 0.15) is 24.0 Å². The maximum Gasteiger partial charge on any atom is 0.240 e. The van der Waals surface area contributed by atoms with Gasteiger partial charge < -0.3 is 4.90 Å². The van der Waals surface area contributed by atoms with E-state index in [1.165, 1.54) is 0 Å². The van der Waals surface area contributed by atoms with Gasteiger partial charge in [-0.15, -0.1) is 0 Å². The van der Waals surface area contributed by atoms with E-state index in [4.69, 9.17) is 0 Å². The number of sulfonamides is 1. The van der Waals surface area contributed by atoms with Crippen LogP contribution in [0.15, 0.2) is 59.5 Å². The van der Waals surface area contributed by atoms with Crippen LogP contribution in [0.4, 0.5) is 0 Å². The summed E-state index contributed by atoms with van der Waals surface area (Å²) in [6.07, 6.45) is 1.49. The summed E-state index contributed by atoms with van der Waals surface area (Å²) in [5.41, 5.74) is 1.86. The van der Waals surface area contributed by atoms with E-state index in [2.05, 4.69) is 4.72 Å². The first-order chi connectivity index (χ1) is 11.6. The molecule has 1 fully saturated rings. The van der Waals surface area contributed by atoms with E-state index >= 15 is 0 Å². The maximum atomic E-state index is 12.3. The fourth-order valence-corrected chi connectivity index (χ4v) is 3.84. The largest absolute Gasteiger partial charge is 0.338 e. The number of hydrogen-bond acceptors (Lipinski definition) is 3. The molecule has 1 amide bonds. The van der Waals surface area contributed by atoms with Gasteiger partial charge in [-0.3, -0.25) is 4.79 Å². The third-order valence-electron chi connectivity index (χ3n) is 4.16. The highest BCUT2D eigenvalue weighted by atomic mass is 32.2. The lowest BCUT2D eigenvalue weighted by Gasteiger charge is -2.18. The minimum Gasteiger partial charge on any atom is -0.338 e. The first kappa shape index (κ1) is 16.7. The molecule has 1 aliphatic rings. The van der Waals surface area contributed by atoms with Gasteiger partial charge >= 0.3 is 0 Å². The number of rotatable bonds is 6. The maximum absolute atomic E-state index is 12.3. The van der Waals surface area contributed by atoms with Gasteiger partial charge in [-0.1, -0.05) is 42.5 Å². The van der Waals surface area contributed by atoms with Gasteiger partial charge in [-0.05, 0) is 29.7 Å². The van der Waals surface area contributed by atoms with Crippen LogP contribution in [0, 0.1) is 0 Å². The summed E-state index contributed by atoms with van der Waals surface area (Å²) in [6, 6.07) is 15.9. The minimum absolute atomic E-state index is 0.162. The Morgan fingerprint density at radius 1 is 0.958 bits per heavy atom. The zero-order valence-electron chi connectivity index (χ0n) is 13.3. The minimum atomic E-state index is -3.54. The highest BCUT2D eigenvalue weighted by Gasteiger charge is 2.21. The molecule has 126 valence electrons. The Morgan fingerprint density at radius 3 is 2.29 bits per heavy atom. The van der Waals surface area contributed by atoms with Crippen LogP contribution in [0.5, 0.6) is 0 Å². The first-order valence-corrected chi connectivity index (χ1v) is 9.44. The van der Waals surface area contributed by atoms with Gasteiger partial charge in [-0.2, -0.15) is 0 Å². The van der Waals surface area contributed by atoms with Crippen molar-refractivity contribution < 1.29 is 13.2 Å². The Labute approximate surface area is 142 Å². The summed E-state index contributed by atoms with van der Waals surface area (Å²) < 4.78 is 27.3. The van der Waals surface area contributed by atoms with Crippen molar-refractivity contribution in [1.29, 1.82) is 0 Å². The molecule has 2 aromatic rings. The number of hydrogen-bond donors (Lipinski definition) is 1. The molecule has 1 saturated heterocycles. The molecule has 0 saturated carbocycles. The Bertz CT molecular complexity index is 819. The Morgan fingerprint density at radius 2 is 1.62 bits per heavy atom. The van der Waals surface area contributed by atoms with Crippen molar-refractivity contribution in [2.24, 2.45) is 0 Å². The molecule has 1 aliphatic heterocycles. The number of nitrogens with one attached hydrogen (secondary N) is 1. The topological polar surface area (TPSA) is 66.5 Å². The second-order valence-corrected chi connectivity index (χ2v) is 7.59. The highest BCUT2D eigenvalue weighted by Crippen LogP contribution is 2.18. The smallest absolute Gasteiger partial charge is 0.240 e. The predicted octanol–water partition coefficient (Wildman–Crippen LogP) is 2.29. The lowest BCUT2D eigenvalue weighted by atomic mass is 10.1. The van der Waals surface area contributed by atoms with Crippen LogP contribution in [-0.4, -0.2) is 25.8 Å². The van der Waals surface area contributed by atoms with Crippen molar-refractivity contribution in [3.05, 3.63) is 65.7 Å². The Balaban J connectivity index is 1.73. The van der Waals surface area contributed by atoms with E-state index in [1.807, 2.05) is 29.2 Å². The molecule has 1 N–H and O–H groups in total. The van der Waals surface area contributed by atoms with E-state index < -0.39 is 10.0 Å². The van der Waals surface area contributed by atoms with Gasteiger partial charge in [0.1, 0.15) is 0 Å². The highest BCUT2D eigenvalue weighted by molar-refractivity contribution is 7.89. The van der Waals surface area contributed by atoms with E-state index in [0.29, 0.717) is 13.0 Å². The molecule has 1 heterocycles. The van der Waals surface area contributed by atoms with Gasteiger partial charge in [0.2, 0.25) is 15.9 Å². The number of carbonyl (C=O) groups is 1. The molecule has 0 spiro atoms. The predicted molar refractivity (Wildman–Crippen MR) is 91.6 cm³/mol. The summed E-state index contributed by atoms with van der Waals surface area (Å²) in [4.78, 5) is 13.9. The number of amides is 1. The fourth-order valence-electron chi connectivity index (χ4n) is 2.82. The second-order valence-electron chi connectivity index (χ2n) is 5.83. The molecule has 0 bridgehead atoms. The van der Waals surface area contributed by atoms with Crippen molar-refractivity contribution >= 4 is 15.9 Å². The molecule has 5 nitrogen and oxygen atoms in total. The van der Waals surface area contributed by atoms with Crippen LogP contribution in [0.3, 0.4) is 0 Å². The van der Waals surface area contributed by atoms with Gasteiger partial charge in [0.15, 0.2) is 0 Å². The molecular weight excluding hydrogens is 324 g/mol. The van der Waals surface area contributed by atoms with E-state index in [1.54, 1.807) is 30.3 Å². The molecule has 0 aliphatic carbocycles. The summed E-state index contributed by atoms with van der Waals surface area (Å²) in [7, 11) is -3.54. The van der Waals surface area contributed by atoms with Gasteiger partial charge in [0.05, 0.1) is 4.90 Å². The third-order valence-corrected chi connectivity index (χ3v) is 5.57. The van der Waals surface area contributed by atoms with Crippen molar-refractivity contribution in [2.75, 3.05) is 6.54 Å². The lowest BCUT2D eigenvalue weighted by Crippen LogP contribution is -2.27. The van der Waals surface area contributed by atoms with E-state index in [-0.39, 0.29) is 17.3 Å². The summed E-state index contributed by atoms with van der Waals surface area (Å²) in [5, 5.41) is 0. The van der Waals surface area contributed by atoms with Crippen molar-refractivity contribution in [1.82, 2.24) is 9.62 Å². The second kappa shape index (κ2) is 7.15. The van der Waals surface area contributed by atoms with Crippen LogP contribution < -0.4 is 4.72 Å². The summed E-state index contributed by atoms with van der Waals surface area (Å²) in [5.74, 6) is 0.162. The Kier molecular flexibility index (Phi) is 4.97. The normalized spacial score (nSPS) is 15.0. The Hall–Kier alpha value is -2.18. The SMILES string of the molecule is O=C1CCCN1Cc1ccccc1CNS(=O)(=O)c1ccccc1.